The Kier molecular flexibility index (Phi) is 3.49. The molecule has 2 aromatic rings. The molecule has 7 heteroatoms. The molecule has 1 aliphatic carbocycles. The van der Waals surface area contributed by atoms with Gasteiger partial charge in [-0.1, -0.05) is 18.2 Å². The zero-order valence-corrected chi connectivity index (χ0v) is 13.9. The summed E-state index contributed by atoms with van der Waals surface area (Å²) < 4.78 is 24.8. The van der Waals surface area contributed by atoms with Crippen LogP contribution in [0.2, 0.25) is 0 Å². The Morgan fingerprint density at radius 3 is 2.46 bits per heavy atom. The standard InChI is InChI=1S/C17H18N2O4S/c20-16(18-11-7-8-24(22,23)10-11)15-9-19(12-5-6-12)17(21)14-4-2-1-3-13(14)15/h1-4,9,11-12H,5-8,10H2,(H,18,20)/t11-/m1/s1. The van der Waals surface area contributed by atoms with Crippen LogP contribution in [0.4, 0.5) is 0 Å². The quantitative estimate of drug-likeness (QED) is 0.906. The van der Waals surface area contributed by atoms with Crippen LogP contribution in [0.25, 0.3) is 10.8 Å². The van der Waals surface area contributed by atoms with E-state index in [-0.39, 0.29) is 35.1 Å². The van der Waals surface area contributed by atoms with Gasteiger partial charge in [0, 0.05) is 29.1 Å². The summed E-state index contributed by atoms with van der Waals surface area (Å²) >= 11 is 0. The number of hydrogen-bond donors (Lipinski definition) is 1. The largest absolute Gasteiger partial charge is 0.348 e. The van der Waals surface area contributed by atoms with E-state index < -0.39 is 9.84 Å². The number of amides is 1. The molecule has 24 heavy (non-hydrogen) atoms. The van der Waals surface area contributed by atoms with Gasteiger partial charge in [-0.3, -0.25) is 9.59 Å². The number of aromatic nitrogens is 1. The highest BCUT2D eigenvalue weighted by Gasteiger charge is 2.31. The van der Waals surface area contributed by atoms with Crippen molar-refractivity contribution in [2.45, 2.75) is 31.3 Å². The Balaban J connectivity index is 1.74. The lowest BCUT2D eigenvalue weighted by Gasteiger charge is -2.14. The fourth-order valence-corrected chi connectivity index (χ4v) is 4.96. The fraction of sp³-hybridized carbons (Fsp3) is 0.412. The van der Waals surface area contributed by atoms with Crippen LogP contribution in [0.3, 0.4) is 0 Å². The summed E-state index contributed by atoms with van der Waals surface area (Å²) in [5.74, 6) is -0.221. The average molecular weight is 346 g/mol. The van der Waals surface area contributed by atoms with Crippen molar-refractivity contribution >= 4 is 26.5 Å². The summed E-state index contributed by atoms with van der Waals surface area (Å²) in [7, 11) is -3.05. The van der Waals surface area contributed by atoms with Crippen LogP contribution in [-0.2, 0) is 9.84 Å². The third kappa shape index (κ3) is 2.73. The topological polar surface area (TPSA) is 85.2 Å². The number of benzene rings is 1. The summed E-state index contributed by atoms with van der Waals surface area (Å²) in [5, 5.41) is 3.95. The van der Waals surface area contributed by atoms with Crippen molar-refractivity contribution in [1.29, 1.82) is 0 Å². The SMILES string of the molecule is O=C(N[C@@H]1CCS(=O)(=O)C1)c1cn(C2CC2)c(=O)c2ccccc12. The van der Waals surface area contributed by atoms with E-state index in [1.807, 2.05) is 0 Å². The van der Waals surface area contributed by atoms with Crippen LogP contribution in [-0.4, -0.2) is 36.4 Å². The van der Waals surface area contributed by atoms with Gasteiger partial charge in [-0.15, -0.1) is 0 Å². The predicted molar refractivity (Wildman–Crippen MR) is 91.0 cm³/mol. The van der Waals surface area contributed by atoms with Crippen molar-refractivity contribution in [2.24, 2.45) is 0 Å². The molecule has 2 fully saturated rings. The van der Waals surface area contributed by atoms with E-state index in [0.717, 1.165) is 12.8 Å². The molecular formula is C17H18N2O4S. The molecule has 6 nitrogen and oxygen atoms in total. The number of fused-ring (bicyclic) bond motifs is 1. The molecule has 1 N–H and O–H groups in total. The van der Waals surface area contributed by atoms with Gasteiger partial charge < -0.3 is 9.88 Å². The zero-order chi connectivity index (χ0) is 16.9. The number of nitrogens with one attached hydrogen (secondary N) is 1. The molecule has 1 aromatic heterocycles. The van der Waals surface area contributed by atoms with E-state index in [1.54, 1.807) is 35.0 Å². The minimum absolute atomic E-state index is 0.0149. The molecule has 4 rings (SSSR count). The van der Waals surface area contributed by atoms with Crippen LogP contribution in [0.15, 0.2) is 35.3 Å². The lowest BCUT2D eigenvalue weighted by Crippen LogP contribution is -2.36. The van der Waals surface area contributed by atoms with Crippen molar-refractivity contribution in [3.05, 3.63) is 46.4 Å². The monoisotopic (exact) mass is 346 g/mol. The van der Waals surface area contributed by atoms with Crippen molar-refractivity contribution in [1.82, 2.24) is 9.88 Å². The molecule has 1 aliphatic heterocycles. The molecule has 126 valence electrons. The van der Waals surface area contributed by atoms with E-state index in [9.17, 15) is 18.0 Å². The smallest absolute Gasteiger partial charge is 0.258 e. The Hall–Kier alpha value is -2.15. The maximum absolute atomic E-state index is 12.7. The van der Waals surface area contributed by atoms with Gasteiger partial charge in [0.05, 0.1) is 17.1 Å². The van der Waals surface area contributed by atoms with Gasteiger partial charge in [0.25, 0.3) is 11.5 Å². The first-order valence-corrected chi connectivity index (χ1v) is 9.92. The van der Waals surface area contributed by atoms with E-state index in [1.165, 1.54) is 0 Å². The summed E-state index contributed by atoms with van der Waals surface area (Å²) in [6, 6.07) is 6.87. The van der Waals surface area contributed by atoms with Crippen LogP contribution in [0.1, 0.15) is 35.7 Å². The average Bonchev–Trinajstić information content (AvgIpc) is 3.32. The minimum atomic E-state index is -3.05. The second-order valence-corrected chi connectivity index (χ2v) is 8.83. The molecule has 1 aromatic carbocycles. The number of pyridine rings is 1. The molecule has 1 amide bonds. The van der Waals surface area contributed by atoms with Gasteiger partial charge >= 0.3 is 0 Å². The van der Waals surface area contributed by atoms with E-state index in [2.05, 4.69) is 5.32 Å². The molecule has 1 saturated heterocycles. The molecule has 0 radical (unpaired) electrons. The fourth-order valence-electron chi connectivity index (χ4n) is 3.29. The molecular weight excluding hydrogens is 328 g/mol. The van der Waals surface area contributed by atoms with Gasteiger partial charge in [-0.2, -0.15) is 0 Å². The van der Waals surface area contributed by atoms with Crippen LogP contribution in [0.5, 0.6) is 0 Å². The highest BCUT2D eigenvalue weighted by Crippen LogP contribution is 2.34. The third-order valence-electron chi connectivity index (χ3n) is 4.70. The molecule has 0 unspecified atom stereocenters. The lowest BCUT2D eigenvalue weighted by atomic mass is 10.1. The van der Waals surface area contributed by atoms with E-state index >= 15 is 0 Å². The van der Waals surface area contributed by atoms with Crippen LogP contribution >= 0.6 is 0 Å². The highest BCUT2D eigenvalue weighted by atomic mass is 32.2. The maximum atomic E-state index is 12.7. The number of nitrogens with zero attached hydrogens (tertiary/aromatic N) is 1. The number of rotatable bonds is 3. The lowest BCUT2D eigenvalue weighted by molar-refractivity contribution is 0.0942. The van der Waals surface area contributed by atoms with Crippen LogP contribution in [0, 0.1) is 0 Å². The molecule has 1 saturated carbocycles. The number of hydrogen-bond acceptors (Lipinski definition) is 4. The first-order valence-electron chi connectivity index (χ1n) is 8.10. The van der Waals surface area contributed by atoms with Crippen molar-refractivity contribution in [3.8, 4) is 0 Å². The normalized spacial score (nSPS) is 22.6. The first-order chi connectivity index (χ1) is 11.4. The van der Waals surface area contributed by atoms with Gasteiger partial charge in [-0.25, -0.2) is 8.42 Å². The second-order valence-electron chi connectivity index (χ2n) is 6.61. The maximum Gasteiger partial charge on any atom is 0.258 e. The molecule has 2 heterocycles. The molecule has 1 atom stereocenters. The van der Waals surface area contributed by atoms with Crippen LogP contribution < -0.4 is 10.9 Å². The Morgan fingerprint density at radius 2 is 1.83 bits per heavy atom. The van der Waals surface area contributed by atoms with Gasteiger partial charge in [0.15, 0.2) is 9.84 Å². The summed E-state index contributed by atoms with van der Waals surface area (Å²) in [5.41, 5.74) is 0.356. The highest BCUT2D eigenvalue weighted by molar-refractivity contribution is 7.91. The molecule has 2 aliphatic rings. The number of sulfone groups is 1. The molecule has 0 spiro atoms. The van der Waals surface area contributed by atoms with Crippen molar-refractivity contribution < 1.29 is 13.2 Å². The van der Waals surface area contributed by atoms with E-state index in [0.29, 0.717) is 22.8 Å². The molecule has 0 bridgehead atoms. The van der Waals surface area contributed by atoms with E-state index in [4.69, 9.17) is 0 Å². The zero-order valence-electron chi connectivity index (χ0n) is 13.1. The predicted octanol–water partition coefficient (Wildman–Crippen LogP) is 1.25. The number of carbonyl (C=O) groups is 1. The van der Waals surface area contributed by atoms with Gasteiger partial charge in [0.1, 0.15) is 0 Å². The Labute approximate surface area is 139 Å². The Bertz CT molecular complexity index is 989. The van der Waals surface area contributed by atoms with Gasteiger partial charge in [0.2, 0.25) is 0 Å². The second kappa shape index (κ2) is 5.44. The van der Waals surface area contributed by atoms with Crippen molar-refractivity contribution in [3.63, 3.8) is 0 Å². The first kappa shape index (κ1) is 15.4. The third-order valence-corrected chi connectivity index (χ3v) is 6.47. The Morgan fingerprint density at radius 1 is 1.12 bits per heavy atom. The summed E-state index contributed by atoms with van der Waals surface area (Å²) in [4.78, 5) is 25.3. The van der Waals surface area contributed by atoms with Gasteiger partial charge in [-0.05, 0) is 25.3 Å². The minimum Gasteiger partial charge on any atom is -0.348 e. The summed E-state index contributed by atoms with van der Waals surface area (Å²) in [6.45, 7) is 0. The summed E-state index contributed by atoms with van der Waals surface area (Å²) in [6.07, 6.45) is 3.95. The van der Waals surface area contributed by atoms with Crippen molar-refractivity contribution in [2.75, 3.05) is 11.5 Å². The number of carbonyl (C=O) groups excluding carboxylic acids is 1.